The van der Waals surface area contributed by atoms with Crippen molar-refractivity contribution < 1.29 is 15.0 Å². The number of benzene rings is 1. The molecular formula is C12H11O3-. The summed E-state index contributed by atoms with van der Waals surface area (Å²) in [5, 5.41) is 19.9. The molecule has 1 aromatic rings. The molecule has 3 nitrogen and oxygen atoms in total. The molecule has 1 aromatic carbocycles. The van der Waals surface area contributed by atoms with Gasteiger partial charge in [0.1, 0.15) is 5.75 Å². The Morgan fingerprint density at radius 2 is 2.27 bits per heavy atom. The number of allylic oxidation sites excluding steroid dienone is 1. The second kappa shape index (κ2) is 3.77. The summed E-state index contributed by atoms with van der Waals surface area (Å²) in [5.41, 5.74) is 2.72. The molecule has 0 fully saturated rings. The molecule has 15 heavy (non-hydrogen) atoms. The standard InChI is InChI=1S/C12H12O3/c13-10-4-5-11-8(6-10)2-1-3-9(11)7-12(14)15/h3-6,13H,1-2,7H2,(H,14,15)/p-1. The topological polar surface area (TPSA) is 60.4 Å². The highest BCUT2D eigenvalue weighted by Gasteiger charge is 2.12. The Balaban J connectivity index is 2.38. The van der Waals surface area contributed by atoms with Crippen molar-refractivity contribution in [1.29, 1.82) is 0 Å². The monoisotopic (exact) mass is 203 g/mol. The molecule has 0 spiro atoms. The molecule has 0 heterocycles. The highest BCUT2D eigenvalue weighted by Crippen LogP contribution is 2.30. The van der Waals surface area contributed by atoms with Crippen molar-refractivity contribution in [3.05, 3.63) is 35.4 Å². The third-order valence-corrected chi connectivity index (χ3v) is 2.57. The van der Waals surface area contributed by atoms with E-state index >= 15 is 0 Å². The van der Waals surface area contributed by atoms with Crippen LogP contribution in [0.5, 0.6) is 5.75 Å². The lowest BCUT2D eigenvalue weighted by Crippen LogP contribution is -2.22. The van der Waals surface area contributed by atoms with Gasteiger partial charge in [-0.15, -0.1) is 0 Å². The minimum Gasteiger partial charge on any atom is -0.550 e. The largest absolute Gasteiger partial charge is 0.550 e. The van der Waals surface area contributed by atoms with Crippen molar-refractivity contribution >= 4 is 11.5 Å². The summed E-state index contributed by atoms with van der Waals surface area (Å²) in [7, 11) is 0. The Kier molecular flexibility index (Phi) is 2.46. The Morgan fingerprint density at radius 1 is 1.47 bits per heavy atom. The molecule has 0 aliphatic heterocycles. The molecule has 1 N–H and O–H groups in total. The summed E-state index contributed by atoms with van der Waals surface area (Å²) >= 11 is 0. The van der Waals surface area contributed by atoms with Gasteiger partial charge in [-0.05, 0) is 41.7 Å². The molecule has 0 radical (unpaired) electrons. The van der Waals surface area contributed by atoms with E-state index in [0.29, 0.717) is 0 Å². The second-order valence-corrected chi connectivity index (χ2v) is 3.66. The number of phenols is 1. The van der Waals surface area contributed by atoms with Gasteiger partial charge in [-0.2, -0.15) is 0 Å². The number of aliphatic carboxylic acids is 1. The van der Waals surface area contributed by atoms with Crippen LogP contribution < -0.4 is 5.11 Å². The maximum atomic E-state index is 10.5. The summed E-state index contributed by atoms with van der Waals surface area (Å²) in [5.74, 6) is -0.842. The van der Waals surface area contributed by atoms with Crippen LogP contribution in [0.25, 0.3) is 5.57 Å². The zero-order chi connectivity index (χ0) is 10.8. The van der Waals surface area contributed by atoms with E-state index in [-0.39, 0.29) is 12.2 Å². The average Bonchev–Trinajstić information content (AvgIpc) is 2.16. The van der Waals surface area contributed by atoms with E-state index in [2.05, 4.69) is 0 Å². The molecule has 2 rings (SSSR count). The average molecular weight is 203 g/mol. The van der Waals surface area contributed by atoms with E-state index in [9.17, 15) is 15.0 Å². The van der Waals surface area contributed by atoms with Crippen LogP contribution >= 0.6 is 0 Å². The van der Waals surface area contributed by atoms with E-state index in [1.807, 2.05) is 6.08 Å². The van der Waals surface area contributed by atoms with Gasteiger partial charge >= 0.3 is 0 Å². The Labute approximate surface area is 87.7 Å². The quantitative estimate of drug-likeness (QED) is 0.775. The lowest BCUT2D eigenvalue weighted by molar-refractivity contribution is -0.304. The van der Waals surface area contributed by atoms with Gasteiger partial charge in [0.15, 0.2) is 0 Å². The number of phenolic OH excluding ortho intramolecular Hbond substituents is 1. The van der Waals surface area contributed by atoms with Crippen molar-refractivity contribution in [3.63, 3.8) is 0 Å². The predicted molar refractivity (Wildman–Crippen MR) is 54.0 cm³/mol. The van der Waals surface area contributed by atoms with Crippen LogP contribution in [0, 0.1) is 0 Å². The first-order chi connectivity index (χ1) is 7.16. The minimum absolute atomic E-state index is 0.0578. The maximum Gasteiger partial charge on any atom is 0.115 e. The fourth-order valence-electron chi connectivity index (χ4n) is 1.93. The van der Waals surface area contributed by atoms with Crippen LogP contribution in [-0.4, -0.2) is 11.1 Å². The van der Waals surface area contributed by atoms with Crippen molar-refractivity contribution in [2.75, 3.05) is 0 Å². The number of hydrogen-bond donors (Lipinski definition) is 1. The number of carbonyl (C=O) groups excluding carboxylic acids is 1. The molecule has 1 aliphatic carbocycles. The number of aryl methyl sites for hydroxylation is 1. The molecule has 0 atom stereocenters. The number of carboxylic acid groups (broad SMARTS) is 1. The van der Waals surface area contributed by atoms with Gasteiger partial charge in [0.25, 0.3) is 0 Å². The van der Waals surface area contributed by atoms with Gasteiger partial charge in [-0.3, -0.25) is 0 Å². The summed E-state index contributed by atoms with van der Waals surface area (Å²) in [4.78, 5) is 10.5. The van der Waals surface area contributed by atoms with Gasteiger partial charge in [0.2, 0.25) is 0 Å². The van der Waals surface area contributed by atoms with Crippen LogP contribution in [-0.2, 0) is 11.2 Å². The van der Waals surface area contributed by atoms with E-state index < -0.39 is 5.97 Å². The van der Waals surface area contributed by atoms with E-state index in [1.165, 1.54) is 0 Å². The fourth-order valence-corrected chi connectivity index (χ4v) is 1.93. The van der Waals surface area contributed by atoms with Crippen molar-refractivity contribution in [3.8, 4) is 5.75 Å². The smallest absolute Gasteiger partial charge is 0.115 e. The van der Waals surface area contributed by atoms with E-state index in [0.717, 1.165) is 29.5 Å². The highest BCUT2D eigenvalue weighted by molar-refractivity contribution is 5.84. The number of carbonyl (C=O) groups is 1. The molecule has 0 amide bonds. The highest BCUT2D eigenvalue weighted by atomic mass is 16.4. The fraction of sp³-hybridized carbons (Fsp3) is 0.250. The van der Waals surface area contributed by atoms with Gasteiger partial charge < -0.3 is 15.0 Å². The summed E-state index contributed by atoms with van der Waals surface area (Å²) in [6, 6.07) is 5.03. The predicted octanol–water partition coefficient (Wildman–Crippen LogP) is 0.862. The number of fused-ring (bicyclic) bond motifs is 1. The molecule has 3 heteroatoms. The molecular weight excluding hydrogens is 192 g/mol. The Hall–Kier alpha value is -1.77. The zero-order valence-corrected chi connectivity index (χ0v) is 8.19. The second-order valence-electron chi connectivity index (χ2n) is 3.66. The van der Waals surface area contributed by atoms with Crippen molar-refractivity contribution in [1.82, 2.24) is 0 Å². The third-order valence-electron chi connectivity index (χ3n) is 2.57. The lowest BCUT2D eigenvalue weighted by Gasteiger charge is -2.18. The zero-order valence-electron chi connectivity index (χ0n) is 8.19. The van der Waals surface area contributed by atoms with Crippen molar-refractivity contribution in [2.45, 2.75) is 19.3 Å². The maximum absolute atomic E-state index is 10.5. The normalized spacial score (nSPS) is 14.3. The number of hydrogen-bond acceptors (Lipinski definition) is 3. The first kappa shape index (κ1) is 9.77. The molecule has 1 aliphatic rings. The van der Waals surface area contributed by atoms with Gasteiger partial charge in [0.05, 0.1) is 0 Å². The number of aromatic hydroxyl groups is 1. The van der Waals surface area contributed by atoms with E-state index in [4.69, 9.17) is 0 Å². The molecule has 0 bridgehead atoms. The summed E-state index contributed by atoms with van der Waals surface area (Å²) in [6.07, 6.45) is 3.53. The van der Waals surface area contributed by atoms with Crippen LogP contribution in [0.15, 0.2) is 24.3 Å². The minimum atomic E-state index is -1.07. The third kappa shape index (κ3) is 2.01. The van der Waals surface area contributed by atoms with Crippen LogP contribution in [0.3, 0.4) is 0 Å². The van der Waals surface area contributed by atoms with Crippen LogP contribution in [0.1, 0.15) is 24.0 Å². The molecule has 78 valence electrons. The molecule has 0 saturated carbocycles. The Morgan fingerprint density at radius 3 is 3.00 bits per heavy atom. The number of carboxylic acids is 1. The Bertz CT molecular complexity index is 432. The van der Waals surface area contributed by atoms with Crippen molar-refractivity contribution in [2.24, 2.45) is 0 Å². The molecule has 0 unspecified atom stereocenters. The van der Waals surface area contributed by atoms with Crippen LogP contribution in [0.2, 0.25) is 0 Å². The first-order valence-electron chi connectivity index (χ1n) is 4.88. The summed E-state index contributed by atoms with van der Waals surface area (Å²) in [6.45, 7) is 0. The van der Waals surface area contributed by atoms with Gasteiger partial charge in [-0.1, -0.05) is 12.1 Å². The molecule has 0 saturated heterocycles. The first-order valence-corrected chi connectivity index (χ1v) is 4.88. The summed E-state index contributed by atoms with van der Waals surface area (Å²) < 4.78 is 0. The van der Waals surface area contributed by atoms with Gasteiger partial charge in [-0.25, -0.2) is 0 Å². The lowest BCUT2D eigenvalue weighted by atomic mass is 9.89. The van der Waals surface area contributed by atoms with E-state index in [1.54, 1.807) is 18.2 Å². The SMILES string of the molecule is O=C([O-])CC1=CCCc2cc(O)ccc21. The molecule has 0 aromatic heterocycles. The van der Waals surface area contributed by atoms with Crippen LogP contribution in [0.4, 0.5) is 0 Å². The number of rotatable bonds is 2. The van der Waals surface area contributed by atoms with Gasteiger partial charge in [0, 0.05) is 12.4 Å².